The van der Waals surface area contributed by atoms with Crippen LogP contribution >= 0.6 is 0 Å². The fourth-order valence-corrected chi connectivity index (χ4v) is 1.10. The predicted molar refractivity (Wildman–Crippen MR) is 58.7 cm³/mol. The van der Waals surface area contributed by atoms with E-state index in [1.165, 1.54) is 17.0 Å². The molecule has 0 spiro atoms. The molecule has 0 heterocycles. The van der Waals surface area contributed by atoms with Gasteiger partial charge in [0.1, 0.15) is 5.75 Å². The molecule has 0 saturated carbocycles. The minimum atomic E-state index is -0.226. The van der Waals surface area contributed by atoms with Gasteiger partial charge in [-0.05, 0) is 23.8 Å². The van der Waals surface area contributed by atoms with Gasteiger partial charge in [-0.1, -0.05) is 0 Å². The van der Waals surface area contributed by atoms with E-state index in [0.717, 1.165) is 0 Å². The molecule has 15 heavy (non-hydrogen) atoms. The summed E-state index contributed by atoms with van der Waals surface area (Å²) in [5.74, 6) is 0.137. The van der Waals surface area contributed by atoms with Crippen LogP contribution in [0, 0.1) is 0 Å². The molecule has 0 fully saturated rings. The fourth-order valence-electron chi connectivity index (χ4n) is 1.10. The van der Waals surface area contributed by atoms with Crippen LogP contribution in [0.25, 0.3) is 0 Å². The number of benzene rings is 1. The first-order valence-electron chi connectivity index (χ1n) is 4.55. The highest BCUT2D eigenvalue weighted by atomic mass is 16.3. The maximum atomic E-state index is 11.4. The second kappa shape index (κ2) is 4.65. The van der Waals surface area contributed by atoms with E-state index in [1.807, 2.05) is 0 Å². The van der Waals surface area contributed by atoms with Gasteiger partial charge < -0.3 is 21.1 Å². The highest BCUT2D eigenvalue weighted by molar-refractivity contribution is 5.89. The summed E-state index contributed by atoms with van der Waals surface area (Å²) in [7, 11) is 3.30. The summed E-state index contributed by atoms with van der Waals surface area (Å²) < 4.78 is 0. The zero-order valence-corrected chi connectivity index (χ0v) is 8.82. The highest BCUT2D eigenvalue weighted by Gasteiger charge is 2.07. The fraction of sp³-hybridized carbons (Fsp3) is 0.300. The summed E-state index contributed by atoms with van der Waals surface area (Å²) >= 11 is 0. The molecule has 2 amide bonds. The summed E-state index contributed by atoms with van der Waals surface area (Å²) in [5, 5.41) is 11.9. The van der Waals surface area contributed by atoms with Gasteiger partial charge in [0.25, 0.3) is 0 Å². The van der Waals surface area contributed by atoms with Crippen LogP contribution in [0.1, 0.15) is 5.56 Å². The molecule has 0 saturated heterocycles. The first kappa shape index (κ1) is 11.3. The largest absolute Gasteiger partial charge is 0.508 e. The van der Waals surface area contributed by atoms with Crippen LogP contribution in [-0.4, -0.2) is 30.1 Å². The number of phenolic OH excluding ortho intramolecular Hbond substituents is 1. The van der Waals surface area contributed by atoms with E-state index >= 15 is 0 Å². The zero-order chi connectivity index (χ0) is 11.4. The third-order valence-electron chi connectivity index (χ3n) is 1.96. The number of aromatic hydroxyl groups is 1. The van der Waals surface area contributed by atoms with Gasteiger partial charge >= 0.3 is 6.03 Å². The quantitative estimate of drug-likeness (QED) is 0.634. The van der Waals surface area contributed by atoms with Crippen molar-refractivity contribution >= 4 is 11.7 Å². The number of nitrogens with two attached hydrogens (primary N) is 1. The molecule has 1 aromatic carbocycles. The van der Waals surface area contributed by atoms with Gasteiger partial charge in [-0.15, -0.1) is 0 Å². The molecule has 1 aromatic rings. The standard InChI is InChI=1S/C10H15N3O2/c1-13(2)10(15)12-9-4-3-8(14)5-7(9)6-11/h3-5,14H,6,11H2,1-2H3,(H,12,15). The number of anilines is 1. The summed E-state index contributed by atoms with van der Waals surface area (Å²) in [5.41, 5.74) is 6.81. The van der Waals surface area contributed by atoms with Gasteiger partial charge in [0.05, 0.1) is 0 Å². The predicted octanol–water partition coefficient (Wildman–Crippen LogP) is 0.944. The Hall–Kier alpha value is -1.75. The Morgan fingerprint density at radius 2 is 2.20 bits per heavy atom. The number of amides is 2. The maximum absolute atomic E-state index is 11.4. The number of carbonyl (C=O) groups is 1. The molecule has 0 aliphatic carbocycles. The average molecular weight is 209 g/mol. The normalized spacial score (nSPS) is 9.80. The number of nitrogens with zero attached hydrogens (tertiary/aromatic N) is 1. The lowest BCUT2D eigenvalue weighted by molar-refractivity contribution is 0.230. The Morgan fingerprint density at radius 3 is 2.73 bits per heavy atom. The number of hydrogen-bond acceptors (Lipinski definition) is 3. The first-order chi connectivity index (χ1) is 7.04. The number of nitrogens with one attached hydrogen (secondary N) is 1. The van der Waals surface area contributed by atoms with Crippen molar-refractivity contribution in [2.75, 3.05) is 19.4 Å². The minimum absolute atomic E-state index is 0.137. The van der Waals surface area contributed by atoms with E-state index in [-0.39, 0.29) is 18.3 Å². The number of rotatable bonds is 2. The Balaban J connectivity index is 2.89. The van der Waals surface area contributed by atoms with Crippen LogP contribution < -0.4 is 11.1 Å². The molecule has 0 atom stereocenters. The summed E-state index contributed by atoms with van der Waals surface area (Å²) in [6.07, 6.45) is 0. The van der Waals surface area contributed by atoms with Gasteiger partial charge in [0.2, 0.25) is 0 Å². The van der Waals surface area contributed by atoms with Crippen molar-refractivity contribution in [1.29, 1.82) is 0 Å². The van der Waals surface area contributed by atoms with E-state index in [2.05, 4.69) is 5.32 Å². The van der Waals surface area contributed by atoms with Gasteiger partial charge in [0.15, 0.2) is 0 Å². The smallest absolute Gasteiger partial charge is 0.321 e. The van der Waals surface area contributed by atoms with Crippen molar-refractivity contribution < 1.29 is 9.90 Å². The molecule has 0 aromatic heterocycles. The zero-order valence-electron chi connectivity index (χ0n) is 8.82. The van der Waals surface area contributed by atoms with Crippen molar-refractivity contribution in [2.45, 2.75) is 6.54 Å². The number of carbonyl (C=O) groups excluding carboxylic acids is 1. The third kappa shape index (κ3) is 2.85. The van der Waals surface area contributed by atoms with Gasteiger partial charge in [-0.2, -0.15) is 0 Å². The minimum Gasteiger partial charge on any atom is -0.508 e. The van der Waals surface area contributed by atoms with Crippen LogP contribution in [0.15, 0.2) is 18.2 Å². The van der Waals surface area contributed by atoms with Gasteiger partial charge in [-0.25, -0.2) is 4.79 Å². The summed E-state index contributed by atoms with van der Waals surface area (Å²) in [4.78, 5) is 12.8. The van der Waals surface area contributed by atoms with E-state index in [4.69, 9.17) is 5.73 Å². The Morgan fingerprint density at radius 1 is 1.53 bits per heavy atom. The second-order valence-corrected chi connectivity index (χ2v) is 3.37. The van der Waals surface area contributed by atoms with Crippen LogP contribution in [-0.2, 0) is 6.54 Å². The topological polar surface area (TPSA) is 78.6 Å². The van der Waals surface area contributed by atoms with Crippen molar-refractivity contribution in [3.63, 3.8) is 0 Å². The Kier molecular flexibility index (Phi) is 3.51. The molecule has 0 radical (unpaired) electrons. The van der Waals surface area contributed by atoms with Crippen LogP contribution in [0.5, 0.6) is 5.75 Å². The third-order valence-corrected chi connectivity index (χ3v) is 1.96. The molecule has 5 nitrogen and oxygen atoms in total. The molecule has 1 rings (SSSR count). The van der Waals surface area contributed by atoms with Crippen LogP contribution in [0.2, 0.25) is 0 Å². The molecule has 0 aliphatic heterocycles. The molecular formula is C10H15N3O2. The maximum Gasteiger partial charge on any atom is 0.321 e. The van der Waals surface area contributed by atoms with Crippen LogP contribution in [0.3, 0.4) is 0 Å². The van der Waals surface area contributed by atoms with E-state index in [9.17, 15) is 9.90 Å². The summed E-state index contributed by atoms with van der Waals surface area (Å²) in [6.45, 7) is 0.261. The molecule has 4 N–H and O–H groups in total. The second-order valence-electron chi connectivity index (χ2n) is 3.37. The Bertz CT molecular complexity index is 364. The highest BCUT2D eigenvalue weighted by Crippen LogP contribution is 2.20. The van der Waals surface area contributed by atoms with Crippen LogP contribution in [0.4, 0.5) is 10.5 Å². The first-order valence-corrected chi connectivity index (χ1v) is 4.55. The average Bonchev–Trinajstić information content (AvgIpc) is 2.20. The SMILES string of the molecule is CN(C)C(=O)Nc1ccc(O)cc1CN. The van der Waals surface area contributed by atoms with Crippen molar-refractivity contribution in [2.24, 2.45) is 5.73 Å². The van der Waals surface area contributed by atoms with Crippen molar-refractivity contribution in [1.82, 2.24) is 4.90 Å². The lowest BCUT2D eigenvalue weighted by Crippen LogP contribution is -2.27. The van der Waals surface area contributed by atoms with Gasteiger partial charge in [0, 0.05) is 26.3 Å². The molecular weight excluding hydrogens is 194 g/mol. The number of hydrogen-bond donors (Lipinski definition) is 3. The molecule has 82 valence electrons. The van der Waals surface area contributed by atoms with Gasteiger partial charge in [-0.3, -0.25) is 0 Å². The number of phenols is 1. The lowest BCUT2D eigenvalue weighted by atomic mass is 10.1. The van der Waals surface area contributed by atoms with E-state index < -0.39 is 0 Å². The molecule has 0 unspecified atom stereocenters. The molecule has 5 heteroatoms. The van der Waals surface area contributed by atoms with Crippen molar-refractivity contribution in [3.05, 3.63) is 23.8 Å². The Labute approximate surface area is 88.5 Å². The van der Waals surface area contributed by atoms with E-state index in [1.54, 1.807) is 20.2 Å². The van der Waals surface area contributed by atoms with E-state index in [0.29, 0.717) is 11.3 Å². The lowest BCUT2D eigenvalue weighted by Gasteiger charge is -2.14. The summed E-state index contributed by atoms with van der Waals surface area (Å²) in [6, 6.07) is 4.43. The molecule has 0 bridgehead atoms. The monoisotopic (exact) mass is 209 g/mol. The van der Waals surface area contributed by atoms with Crippen molar-refractivity contribution in [3.8, 4) is 5.75 Å². The molecule has 0 aliphatic rings. The number of urea groups is 1.